The Bertz CT molecular complexity index is 1620. The zero-order chi connectivity index (χ0) is 33.2. The second-order valence-electron chi connectivity index (χ2n) is 11.0. The minimum atomic E-state index is -1.75. The van der Waals surface area contributed by atoms with Crippen molar-refractivity contribution in [3.63, 3.8) is 0 Å². The predicted octanol–water partition coefficient (Wildman–Crippen LogP) is 3.99. The van der Waals surface area contributed by atoms with Gasteiger partial charge in [0.15, 0.2) is 0 Å². The summed E-state index contributed by atoms with van der Waals surface area (Å²) in [6, 6.07) is 21.7. The molecule has 244 valence electrons. The first-order valence-corrected chi connectivity index (χ1v) is 15.1. The van der Waals surface area contributed by atoms with Gasteiger partial charge in [0.25, 0.3) is 5.91 Å². The molecule has 0 saturated carbocycles. The quantitative estimate of drug-likeness (QED) is 0.237. The third-order valence-electron chi connectivity index (χ3n) is 7.84. The highest BCUT2D eigenvalue weighted by molar-refractivity contribution is 5.94. The lowest BCUT2D eigenvalue weighted by Crippen LogP contribution is -2.52. The van der Waals surface area contributed by atoms with Crippen molar-refractivity contribution in [2.45, 2.75) is 18.7 Å². The molecule has 1 fully saturated rings. The van der Waals surface area contributed by atoms with E-state index in [2.05, 4.69) is 10.3 Å². The molecule has 0 bridgehead atoms. The fourth-order valence-corrected chi connectivity index (χ4v) is 5.20. The smallest absolute Gasteiger partial charge is 0.409 e. The van der Waals surface area contributed by atoms with Gasteiger partial charge in [-0.25, -0.2) is 13.6 Å². The molecule has 4 aromatic rings. The number of aromatic nitrogens is 1. The molecule has 2 heterocycles. The number of pyridine rings is 1. The Kier molecular flexibility index (Phi) is 10.9. The Morgan fingerprint density at radius 3 is 2.00 bits per heavy atom. The monoisotopic (exact) mass is 643 g/mol. The Balaban J connectivity index is 1.13. The van der Waals surface area contributed by atoms with Crippen LogP contribution in [0.2, 0.25) is 0 Å². The van der Waals surface area contributed by atoms with Crippen molar-refractivity contribution in [1.82, 2.24) is 20.1 Å². The largest absolute Gasteiger partial charge is 0.447 e. The molecule has 0 atom stereocenters. The van der Waals surface area contributed by atoms with Crippen molar-refractivity contribution in [2.24, 2.45) is 5.73 Å². The van der Waals surface area contributed by atoms with Gasteiger partial charge < -0.3 is 30.3 Å². The number of benzene rings is 3. The minimum Gasteiger partial charge on any atom is -0.447 e. The Labute approximate surface area is 271 Å². The molecule has 1 aliphatic rings. The lowest BCUT2D eigenvalue weighted by atomic mass is 9.82. The van der Waals surface area contributed by atoms with E-state index in [0.29, 0.717) is 55.0 Å². The van der Waals surface area contributed by atoms with Gasteiger partial charge in [-0.2, -0.15) is 0 Å². The average Bonchev–Trinajstić information content (AvgIpc) is 3.11. The van der Waals surface area contributed by atoms with Gasteiger partial charge >= 0.3 is 6.09 Å². The maximum Gasteiger partial charge on any atom is 0.409 e. The number of halogens is 2. The van der Waals surface area contributed by atoms with Crippen molar-refractivity contribution in [3.8, 4) is 0 Å². The molecule has 0 spiro atoms. The van der Waals surface area contributed by atoms with E-state index in [1.807, 2.05) is 30.3 Å². The number of rotatable bonds is 11. The molecule has 47 heavy (non-hydrogen) atoms. The van der Waals surface area contributed by atoms with Crippen LogP contribution in [0.4, 0.5) is 13.6 Å². The van der Waals surface area contributed by atoms with E-state index in [1.54, 1.807) is 15.9 Å². The molecule has 1 aliphatic heterocycles. The van der Waals surface area contributed by atoms with Gasteiger partial charge in [0.1, 0.15) is 23.8 Å². The normalized spacial score (nSPS) is 13.3. The summed E-state index contributed by atoms with van der Waals surface area (Å²) < 4.78 is 38.2. The second kappa shape index (κ2) is 15.4. The molecule has 5 rings (SSSR count). The number of carbonyl (C=O) groups is 3. The minimum absolute atomic E-state index is 0.0109. The summed E-state index contributed by atoms with van der Waals surface area (Å²) in [7, 11) is 0. The lowest BCUT2D eigenvalue weighted by Gasteiger charge is -2.34. The summed E-state index contributed by atoms with van der Waals surface area (Å²) in [4.78, 5) is 46.7. The van der Waals surface area contributed by atoms with Crippen LogP contribution in [0.3, 0.4) is 0 Å². The van der Waals surface area contributed by atoms with Crippen LogP contribution >= 0.6 is 0 Å². The molecule has 1 saturated heterocycles. The van der Waals surface area contributed by atoms with E-state index < -0.39 is 29.2 Å². The van der Waals surface area contributed by atoms with E-state index in [-0.39, 0.29) is 25.7 Å². The van der Waals surface area contributed by atoms with Gasteiger partial charge in [0.05, 0.1) is 18.8 Å². The number of hydrogen-bond acceptors (Lipinski definition) is 7. The Hall–Kier alpha value is -5.20. The van der Waals surface area contributed by atoms with E-state index in [0.717, 1.165) is 5.56 Å². The summed E-state index contributed by atoms with van der Waals surface area (Å²) in [5.41, 5.74) is 7.41. The van der Waals surface area contributed by atoms with Gasteiger partial charge in [0, 0.05) is 45.1 Å². The van der Waals surface area contributed by atoms with Crippen LogP contribution in [-0.2, 0) is 33.0 Å². The molecular weight excluding hydrogens is 608 g/mol. The van der Waals surface area contributed by atoms with Crippen LogP contribution in [0.25, 0.3) is 0 Å². The van der Waals surface area contributed by atoms with Crippen LogP contribution in [0.15, 0.2) is 97.3 Å². The Morgan fingerprint density at radius 1 is 0.787 bits per heavy atom. The highest BCUT2D eigenvalue weighted by Crippen LogP contribution is 2.28. The number of carbonyl (C=O) groups excluding carboxylic acids is 3. The summed E-state index contributed by atoms with van der Waals surface area (Å²) in [5.74, 6) is -1.87. The second-order valence-corrected chi connectivity index (χ2v) is 11.0. The third-order valence-corrected chi connectivity index (χ3v) is 7.84. The average molecular weight is 644 g/mol. The van der Waals surface area contributed by atoms with Crippen molar-refractivity contribution >= 4 is 17.9 Å². The number of ether oxygens (including phenoxy) is 2. The first-order valence-electron chi connectivity index (χ1n) is 15.1. The molecule has 0 unspecified atom stereocenters. The fourth-order valence-electron chi connectivity index (χ4n) is 5.20. The molecular formula is C35H35F2N5O5. The fraction of sp³-hybridized carbons (Fsp3) is 0.257. The summed E-state index contributed by atoms with van der Waals surface area (Å²) in [5, 5.41) is 2.78. The number of nitrogens with two attached hydrogens (primary N) is 1. The molecule has 3 amide bonds. The highest BCUT2D eigenvalue weighted by Gasteiger charge is 2.38. The van der Waals surface area contributed by atoms with E-state index >= 15 is 0 Å². The number of piperazine rings is 1. The van der Waals surface area contributed by atoms with Gasteiger partial charge in [-0.3, -0.25) is 14.6 Å². The molecule has 3 N–H and O–H groups in total. The van der Waals surface area contributed by atoms with Crippen LogP contribution in [0.5, 0.6) is 0 Å². The summed E-state index contributed by atoms with van der Waals surface area (Å²) in [6.07, 6.45) is 2.49. The molecule has 10 nitrogen and oxygen atoms in total. The van der Waals surface area contributed by atoms with Crippen molar-refractivity contribution in [3.05, 3.63) is 137 Å². The zero-order valence-electron chi connectivity index (χ0n) is 25.6. The van der Waals surface area contributed by atoms with Gasteiger partial charge in [-0.1, -0.05) is 54.6 Å². The predicted molar refractivity (Wildman–Crippen MR) is 169 cm³/mol. The topological polar surface area (TPSA) is 127 Å². The molecule has 0 radical (unpaired) electrons. The summed E-state index contributed by atoms with van der Waals surface area (Å²) in [6.45, 7) is 2.06. The third kappa shape index (κ3) is 8.34. The van der Waals surface area contributed by atoms with Gasteiger partial charge in [-0.15, -0.1) is 0 Å². The SMILES string of the molecule is NC(C(=O)NCc1cncc(C(=O)N2CCN(C(=O)OCCOCc3ccccc3)CC2)c1)(c1ccc(F)cc1)c1ccc(F)cc1. The zero-order valence-corrected chi connectivity index (χ0v) is 25.6. The van der Waals surface area contributed by atoms with E-state index in [4.69, 9.17) is 15.2 Å². The van der Waals surface area contributed by atoms with E-state index in [1.165, 1.54) is 60.9 Å². The van der Waals surface area contributed by atoms with Gasteiger partial charge in [0.2, 0.25) is 5.91 Å². The molecule has 3 aromatic carbocycles. The maximum absolute atomic E-state index is 13.7. The van der Waals surface area contributed by atoms with Crippen LogP contribution < -0.4 is 11.1 Å². The van der Waals surface area contributed by atoms with Crippen LogP contribution in [0, 0.1) is 11.6 Å². The van der Waals surface area contributed by atoms with Crippen LogP contribution in [0.1, 0.15) is 32.6 Å². The standard InChI is InChI=1S/C35H35F2N5O5/c36-30-10-6-28(7-11-30)35(38,29-8-12-31(37)13-9-29)33(44)40-22-26-20-27(23-39-21-26)32(43)41-14-16-42(17-15-41)34(45)47-19-18-46-24-25-4-2-1-3-5-25/h1-13,20-21,23H,14-19,22,24,38H2,(H,40,44). The number of nitrogens with zero attached hydrogens (tertiary/aromatic N) is 3. The van der Waals surface area contributed by atoms with Crippen molar-refractivity contribution < 1.29 is 32.6 Å². The molecule has 0 aliphatic carbocycles. The molecule has 12 heteroatoms. The van der Waals surface area contributed by atoms with Gasteiger partial charge in [-0.05, 0) is 52.6 Å². The highest BCUT2D eigenvalue weighted by atomic mass is 19.1. The maximum atomic E-state index is 13.7. The number of nitrogens with one attached hydrogen (secondary N) is 1. The first kappa shape index (κ1) is 33.2. The van der Waals surface area contributed by atoms with Crippen LogP contribution in [-0.4, -0.2) is 72.1 Å². The van der Waals surface area contributed by atoms with Crippen molar-refractivity contribution in [2.75, 3.05) is 39.4 Å². The number of hydrogen-bond donors (Lipinski definition) is 2. The first-order chi connectivity index (χ1) is 22.7. The van der Waals surface area contributed by atoms with E-state index in [9.17, 15) is 23.2 Å². The van der Waals surface area contributed by atoms with Crippen molar-refractivity contribution in [1.29, 1.82) is 0 Å². The lowest BCUT2D eigenvalue weighted by molar-refractivity contribution is -0.125. The number of amides is 3. The Morgan fingerprint density at radius 2 is 1.38 bits per heavy atom. The summed E-state index contributed by atoms with van der Waals surface area (Å²) >= 11 is 0. The molecule has 1 aromatic heterocycles.